The van der Waals surface area contributed by atoms with E-state index in [0.29, 0.717) is 22.6 Å². The zero-order valence-electron chi connectivity index (χ0n) is 19.3. The van der Waals surface area contributed by atoms with Crippen molar-refractivity contribution in [2.45, 2.75) is 6.92 Å². The summed E-state index contributed by atoms with van der Waals surface area (Å²) in [6.07, 6.45) is 0. The van der Waals surface area contributed by atoms with Crippen molar-refractivity contribution in [1.82, 2.24) is 14.9 Å². The predicted octanol–water partition coefficient (Wildman–Crippen LogP) is 3.26. The normalized spacial score (nSPS) is 17.2. The molecule has 0 unspecified atom stereocenters. The van der Waals surface area contributed by atoms with Crippen LogP contribution in [0.1, 0.15) is 23.1 Å². The zero-order chi connectivity index (χ0) is 23.8. The molecule has 2 aliphatic heterocycles. The number of likely N-dealkylation sites (N-methyl/N-ethyl adjacent to an activating group) is 1. The molecule has 0 saturated carbocycles. The summed E-state index contributed by atoms with van der Waals surface area (Å²) in [5, 5.41) is 19.5. The minimum absolute atomic E-state index is 0.0601. The number of fused-ring (bicyclic) bond motifs is 1. The molecule has 9 heteroatoms. The summed E-state index contributed by atoms with van der Waals surface area (Å²) >= 11 is 0. The number of nitrogens with one attached hydrogen (secondary N) is 2. The molecule has 5 rings (SSSR count). The van der Waals surface area contributed by atoms with Crippen LogP contribution in [0.15, 0.2) is 48.2 Å². The molecule has 2 aromatic carbocycles. The van der Waals surface area contributed by atoms with Gasteiger partial charge in [0.2, 0.25) is 0 Å². The van der Waals surface area contributed by atoms with Crippen LogP contribution in [0.4, 0.5) is 11.4 Å². The van der Waals surface area contributed by atoms with Crippen LogP contribution in [0.25, 0.3) is 16.6 Å². The average Bonchev–Trinajstić information content (AvgIpc) is 3.38. The highest BCUT2D eigenvalue weighted by Gasteiger charge is 2.31. The monoisotopic (exact) mass is 460 g/mol. The highest BCUT2D eigenvalue weighted by Crippen LogP contribution is 2.32. The van der Waals surface area contributed by atoms with E-state index in [9.17, 15) is 9.90 Å². The fourth-order valence-electron chi connectivity index (χ4n) is 4.44. The number of H-pyrrole nitrogens is 1. The molecule has 0 bridgehead atoms. The molecule has 176 valence electrons. The number of carbonyl (C=O) groups excluding carboxylic acids is 1. The Hall–Kier alpha value is -3.85. The quantitative estimate of drug-likeness (QED) is 0.502. The molecular weight excluding hydrogens is 432 g/mol. The Labute approximate surface area is 197 Å². The molecule has 0 atom stereocenters. The van der Waals surface area contributed by atoms with E-state index in [1.165, 1.54) is 0 Å². The number of aliphatic hydroxyl groups excluding tert-OH is 1. The van der Waals surface area contributed by atoms with Gasteiger partial charge in [0.15, 0.2) is 0 Å². The van der Waals surface area contributed by atoms with Gasteiger partial charge in [-0.15, -0.1) is 0 Å². The molecule has 1 aromatic heterocycles. The fourth-order valence-corrected chi connectivity index (χ4v) is 4.44. The summed E-state index contributed by atoms with van der Waals surface area (Å²) in [5.41, 5.74) is 4.17. The SMILES string of the molecule is CCOC(=O)c1cccc(N2CC(O)=C(c3nc4ccc(N5CCN(C)CC5)cc4[nH]3)C2=N)c1. The number of aromatic amines is 1. The number of benzene rings is 2. The van der Waals surface area contributed by atoms with Crippen LogP contribution < -0.4 is 9.80 Å². The molecule has 2 aliphatic rings. The topological polar surface area (TPSA) is 109 Å². The zero-order valence-corrected chi connectivity index (χ0v) is 19.3. The van der Waals surface area contributed by atoms with E-state index in [1.54, 1.807) is 36.1 Å². The van der Waals surface area contributed by atoms with Crippen molar-refractivity contribution in [1.29, 1.82) is 5.41 Å². The molecule has 1 fully saturated rings. The number of carbonyl (C=O) groups is 1. The molecule has 9 nitrogen and oxygen atoms in total. The van der Waals surface area contributed by atoms with Gasteiger partial charge in [0, 0.05) is 37.6 Å². The van der Waals surface area contributed by atoms with Crippen molar-refractivity contribution < 1.29 is 14.6 Å². The molecule has 0 radical (unpaired) electrons. The van der Waals surface area contributed by atoms with Crippen LogP contribution >= 0.6 is 0 Å². The second-order valence-corrected chi connectivity index (χ2v) is 8.60. The Kier molecular flexibility index (Phi) is 5.70. The minimum Gasteiger partial charge on any atom is -0.509 e. The summed E-state index contributed by atoms with van der Waals surface area (Å²) in [5.74, 6) is 0.222. The second kappa shape index (κ2) is 8.83. The van der Waals surface area contributed by atoms with Crippen LogP contribution in [0.3, 0.4) is 0 Å². The number of rotatable bonds is 5. The molecule has 3 aromatic rings. The van der Waals surface area contributed by atoms with E-state index in [-0.39, 0.29) is 24.7 Å². The molecular formula is C25H28N6O3. The summed E-state index contributed by atoms with van der Waals surface area (Å²) in [6, 6.07) is 13.0. The van der Waals surface area contributed by atoms with Crippen LogP contribution in [0.2, 0.25) is 0 Å². The maximum absolute atomic E-state index is 12.1. The Balaban J connectivity index is 1.40. The van der Waals surface area contributed by atoms with Gasteiger partial charge in [-0.1, -0.05) is 6.07 Å². The summed E-state index contributed by atoms with van der Waals surface area (Å²) in [7, 11) is 2.13. The van der Waals surface area contributed by atoms with Crippen molar-refractivity contribution in [2.75, 3.05) is 56.2 Å². The van der Waals surface area contributed by atoms with Gasteiger partial charge < -0.3 is 29.5 Å². The Morgan fingerprint density at radius 1 is 1.15 bits per heavy atom. The number of esters is 1. The van der Waals surface area contributed by atoms with E-state index >= 15 is 0 Å². The summed E-state index contributed by atoms with van der Waals surface area (Å²) in [6.45, 7) is 6.17. The number of hydrogen-bond donors (Lipinski definition) is 3. The van der Waals surface area contributed by atoms with Crippen molar-refractivity contribution in [3.8, 4) is 0 Å². The number of aliphatic hydroxyl groups is 1. The third-order valence-corrected chi connectivity index (χ3v) is 6.34. The van der Waals surface area contributed by atoms with Crippen LogP contribution in [0, 0.1) is 5.41 Å². The number of aromatic nitrogens is 2. The number of piperazine rings is 1. The van der Waals surface area contributed by atoms with Gasteiger partial charge in [-0.05, 0) is 50.4 Å². The lowest BCUT2D eigenvalue weighted by Gasteiger charge is -2.34. The van der Waals surface area contributed by atoms with Gasteiger partial charge in [0.05, 0.1) is 35.3 Å². The summed E-state index contributed by atoms with van der Waals surface area (Å²) < 4.78 is 5.08. The number of hydrogen-bond acceptors (Lipinski definition) is 7. The van der Waals surface area contributed by atoms with E-state index in [0.717, 1.165) is 42.9 Å². The van der Waals surface area contributed by atoms with Gasteiger partial charge in [-0.2, -0.15) is 0 Å². The first kappa shape index (κ1) is 22.0. The molecule has 34 heavy (non-hydrogen) atoms. The predicted molar refractivity (Wildman–Crippen MR) is 133 cm³/mol. The number of nitrogens with zero attached hydrogens (tertiary/aromatic N) is 4. The highest BCUT2D eigenvalue weighted by molar-refractivity contribution is 6.30. The van der Waals surface area contributed by atoms with Gasteiger partial charge in [-0.3, -0.25) is 5.41 Å². The number of anilines is 2. The maximum Gasteiger partial charge on any atom is 0.338 e. The molecule has 3 N–H and O–H groups in total. The van der Waals surface area contributed by atoms with Gasteiger partial charge >= 0.3 is 5.97 Å². The first-order valence-electron chi connectivity index (χ1n) is 11.4. The van der Waals surface area contributed by atoms with Crippen molar-refractivity contribution in [3.63, 3.8) is 0 Å². The van der Waals surface area contributed by atoms with Crippen molar-refractivity contribution in [2.24, 2.45) is 0 Å². The Bertz CT molecular complexity index is 1290. The number of amidine groups is 1. The molecule has 0 amide bonds. The Morgan fingerprint density at radius 3 is 2.71 bits per heavy atom. The Morgan fingerprint density at radius 2 is 1.94 bits per heavy atom. The van der Waals surface area contributed by atoms with Crippen LogP contribution in [-0.4, -0.2) is 78.2 Å². The smallest absolute Gasteiger partial charge is 0.338 e. The van der Waals surface area contributed by atoms with Crippen LogP contribution in [0.5, 0.6) is 0 Å². The first-order valence-corrected chi connectivity index (χ1v) is 11.4. The van der Waals surface area contributed by atoms with Crippen molar-refractivity contribution in [3.05, 3.63) is 59.6 Å². The fraction of sp³-hybridized carbons (Fsp3) is 0.320. The van der Waals surface area contributed by atoms with E-state index < -0.39 is 5.97 Å². The van der Waals surface area contributed by atoms with E-state index in [4.69, 9.17) is 10.1 Å². The highest BCUT2D eigenvalue weighted by atomic mass is 16.5. The lowest BCUT2D eigenvalue weighted by atomic mass is 10.2. The standard InChI is InChI=1S/C25H28N6O3/c1-3-34-25(33)16-5-4-6-18(13-16)31-15-21(32)22(23(31)26)24-27-19-8-7-17(14-20(19)28-24)30-11-9-29(2)10-12-30/h4-8,13-14,26,32H,3,9-12,15H2,1-2H3,(H,27,28). The van der Waals surface area contributed by atoms with Gasteiger partial charge in [0.25, 0.3) is 0 Å². The van der Waals surface area contributed by atoms with Crippen molar-refractivity contribution >= 4 is 39.8 Å². The van der Waals surface area contributed by atoms with E-state index in [2.05, 4.69) is 38.9 Å². The average molecular weight is 461 g/mol. The number of imidazole rings is 1. The molecule has 0 aliphatic carbocycles. The third-order valence-electron chi connectivity index (χ3n) is 6.34. The first-order chi connectivity index (χ1) is 16.4. The minimum atomic E-state index is -0.416. The molecule has 0 spiro atoms. The van der Waals surface area contributed by atoms with Gasteiger partial charge in [0.1, 0.15) is 17.4 Å². The lowest BCUT2D eigenvalue weighted by Crippen LogP contribution is -2.44. The van der Waals surface area contributed by atoms with Crippen LogP contribution in [-0.2, 0) is 4.74 Å². The largest absolute Gasteiger partial charge is 0.509 e. The second-order valence-electron chi connectivity index (χ2n) is 8.60. The lowest BCUT2D eigenvalue weighted by molar-refractivity contribution is 0.0526. The third kappa shape index (κ3) is 3.99. The number of ether oxygens (including phenoxy) is 1. The summed E-state index contributed by atoms with van der Waals surface area (Å²) in [4.78, 5) is 26.4. The molecule has 3 heterocycles. The maximum atomic E-state index is 12.1. The molecule has 1 saturated heterocycles. The van der Waals surface area contributed by atoms with Gasteiger partial charge in [-0.25, -0.2) is 9.78 Å². The van der Waals surface area contributed by atoms with E-state index in [1.807, 2.05) is 6.07 Å².